The van der Waals surface area contributed by atoms with E-state index in [1.165, 1.54) is 0 Å². The van der Waals surface area contributed by atoms with E-state index in [0.29, 0.717) is 5.56 Å². The first-order valence-electron chi connectivity index (χ1n) is 17.8. The van der Waals surface area contributed by atoms with Crippen molar-refractivity contribution in [1.29, 1.82) is 0 Å². The summed E-state index contributed by atoms with van der Waals surface area (Å²) in [4.78, 5) is 1.89. The van der Waals surface area contributed by atoms with Crippen molar-refractivity contribution in [3.8, 4) is 44.5 Å². The average molecular weight is 604 g/mol. The van der Waals surface area contributed by atoms with Gasteiger partial charge in [-0.1, -0.05) is 170 Å². The van der Waals surface area contributed by atoms with Gasteiger partial charge in [0, 0.05) is 16.9 Å². The normalized spacial score (nSPS) is 12.2. The van der Waals surface area contributed by atoms with E-state index in [2.05, 4.69) is 42.5 Å². The first-order chi connectivity index (χ1) is 25.0. The van der Waals surface area contributed by atoms with Crippen LogP contribution in [0.5, 0.6) is 0 Å². The van der Waals surface area contributed by atoms with Crippen molar-refractivity contribution in [2.45, 2.75) is 0 Å². The van der Waals surface area contributed by atoms with Gasteiger partial charge < -0.3 is 4.90 Å². The van der Waals surface area contributed by atoms with Gasteiger partial charge in [-0.3, -0.25) is 0 Å². The van der Waals surface area contributed by atoms with Crippen LogP contribution in [0.15, 0.2) is 200 Å². The molecule has 1 nitrogen and oxygen atoms in total. The fourth-order valence-electron chi connectivity index (χ4n) is 6.23. The zero-order valence-corrected chi connectivity index (χ0v) is 25.7. The zero-order chi connectivity index (χ0) is 34.9. The molecule has 0 aliphatic carbocycles. The molecule has 0 atom stereocenters. The molecular formula is C46H33N. The van der Waals surface area contributed by atoms with Crippen LogP contribution >= 0.6 is 0 Å². The summed E-state index contributed by atoms with van der Waals surface area (Å²) in [5, 5.41) is 2.26. The molecule has 222 valence electrons. The van der Waals surface area contributed by atoms with Crippen LogP contribution in [0.4, 0.5) is 17.1 Å². The molecule has 0 saturated heterocycles. The molecule has 47 heavy (non-hydrogen) atoms. The van der Waals surface area contributed by atoms with E-state index in [0.717, 1.165) is 55.5 Å². The number of hydrogen-bond acceptors (Lipinski definition) is 1. The molecule has 0 spiro atoms. The van der Waals surface area contributed by atoms with Crippen LogP contribution < -0.4 is 4.90 Å². The Bertz CT molecular complexity index is 2480. The molecule has 0 aliphatic rings. The Morgan fingerprint density at radius 2 is 0.872 bits per heavy atom. The fraction of sp³-hybridized carbons (Fsp3) is 0. The Morgan fingerprint density at radius 3 is 1.64 bits per heavy atom. The molecular weight excluding hydrogens is 567 g/mol. The standard InChI is InChI=1S/C46H33N/c1-3-13-34(14-4-1)35-25-27-36(28-26-35)37-29-31-41(32-30-37)47(46-24-10-9-22-45(46)39-15-5-2-6-16-39)42-20-11-19-40(33-42)44-23-12-18-38-17-7-8-21-43(38)44/h1-33H/i29D,30D,31D,32D. The lowest BCUT2D eigenvalue weighted by molar-refractivity contribution is 1.28. The van der Waals surface area contributed by atoms with Crippen molar-refractivity contribution < 1.29 is 5.48 Å². The van der Waals surface area contributed by atoms with Gasteiger partial charge >= 0.3 is 0 Å². The number of anilines is 3. The topological polar surface area (TPSA) is 3.24 Å². The summed E-state index contributed by atoms with van der Waals surface area (Å²) in [6.45, 7) is 0. The average Bonchev–Trinajstić information content (AvgIpc) is 3.19. The minimum absolute atomic E-state index is 0.0918. The maximum Gasteiger partial charge on any atom is 0.0645 e. The maximum atomic E-state index is 9.50. The first kappa shape index (κ1) is 24.1. The Hall–Kier alpha value is -6.18. The van der Waals surface area contributed by atoms with E-state index in [4.69, 9.17) is 0 Å². The molecule has 1 heteroatoms. The lowest BCUT2D eigenvalue weighted by Gasteiger charge is -2.28. The smallest absolute Gasteiger partial charge is 0.0645 e. The van der Waals surface area contributed by atoms with Crippen LogP contribution in [0.1, 0.15) is 5.48 Å². The highest BCUT2D eigenvalue weighted by Crippen LogP contribution is 2.42. The highest BCUT2D eigenvalue weighted by atomic mass is 15.1. The quantitative estimate of drug-likeness (QED) is 0.175. The van der Waals surface area contributed by atoms with Crippen LogP contribution in [0.25, 0.3) is 55.3 Å². The maximum absolute atomic E-state index is 9.50. The van der Waals surface area contributed by atoms with E-state index < -0.39 is 0 Å². The summed E-state index contributed by atoms with van der Waals surface area (Å²) in [7, 11) is 0. The molecule has 8 rings (SSSR count). The summed E-state index contributed by atoms with van der Waals surface area (Å²) in [6.07, 6.45) is 0. The second-order valence-electron chi connectivity index (χ2n) is 11.5. The van der Waals surface area contributed by atoms with Crippen molar-refractivity contribution in [2.24, 2.45) is 0 Å². The predicted octanol–water partition coefficient (Wildman–Crippen LogP) is 13.0. The molecule has 0 unspecified atom stereocenters. The summed E-state index contributed by atoms with van der Waals surface area (Å²) in [5.41, 5.74) is 8.59. The fourth-order valence-corrected chi connectivity index (χ4v) is 6.23. The zero-order valence-electron chi connectivity index (χ0n) is 29.7. The molecule has 0 aliphatic heterocycles. The summed E-state index contributed by atoms with van der Waals surface area (Å²) >= 11 is 0. The minimum atomic E-state index is -0.114. The third kappa shape index (κ3) is 5.72. The minimum Gasteiger partial charge on any atom is -0.310 e. The number of para-hydroxylation sites is 1. The second-order valence-corrected chi connectivity index (χ2v) is 11.5. The van der Waals surface area contributed by atoms with Crippen LogP contribution in [0.3, 0.4) is 0 Å². The van der Waals surface area contributed by atoms with E-state index in [9.17, 15) is 5.48 Å². The summed E-state index contributed by atoms with van der Waals surface area (Å²) in [5.74, 6) is 0. The molecule has 0 N–H and O–H groups in total. The highest BCUT2D eigenvalue weighted by molar-refractivity contribution is 5.98. The molecule has 0 bridgehead atoms. The van der Waals surface area contributed by atoms with Crippen molar-refractivity contribution in [1.82, 2.24) is 0 Å². The Morgan fingerprint density at radius 1 is 0.340 bits per heavy atom. The SMILES string of the molecule is [2H]c1c([2H])c(N(c2cccc(-c3cccc4ccccc34)c2)c2ccccc2-c2ccccc2)c([2H])c([2H])c1-c1ccc(-c2ccccc2)cc1. The molecule has 8 aromatic carbocycles. The van der Waals surface area contributed by atoms with Crippen molar-refractivity contribution >= 4 is 27.8 Å². The molecule has 8 aromatic rings. The molecule has 0 heterocycles. The van der Waals surface area contributed by atoms with E-state index in [1.807, 2.05) is 138 Å². The van der Waals surface area contributed by atoms with Gasteiger partial charge in [0.15, 0.2) is 0 Å². The Kier molecular flexibility index (Phi) is 6.50. The highest BCUT2D eigenvalue weighted by Gasteiger charge is 2.18. The van der Waals surface area contributed by atoms with Crippen molar-refractivity contribution in [3.63, 3.8) is 0 Å². The Labute approximate surface area is 282 Å². The van der Waals surface area contributed by atoms with E-state index >= 15 is 0 Å². The van der Waals surface area contributed by atoms with Gasteiger partial charge in [0.1, 0.15) is 0 Å². The number of hydrogen-bond donors (Lipinski definition) is 0. The number of fused-ring (bicyclic) bond motifs is 1. The van der Waals surface area contributed by atoms with Gasteiger partial charge in [0.2, 0.25) is 0 Å². The summed E-state index contributed by atoms with van der Waals surface area (Å²) in [6, 6.07) is 58.0. The Balaban J connectivity index is 1.33. The molecule has 0 radical (unpaired) electrons. The number of rotatable bonds is 7. The van der Waals surface area contributed by atoms with Gasteiger partial charge in [-0.2, -0.15) is 0 Å². The largest absolute Gasteiger partial charge is 0.310 e. The third-order valence-corrected chi connectivity index (χ3v) is 8.55. The number of benzene rings is 8. The molecule has 0 amide bonds. The lowest BCUT2D eigenvalue weighted by Crippen LogP contribution is -2.11. The van der Waals surface area contributed by atoms with Gasteiger partial charge in [-0.05, 0) is 80.0 Å². The molecule has 0 fully saturated rings. The predicted molar refractivity (Wildman–Crippen MR) is 200 cm³/mol. The summed E-state index contributed by atoms with van der Waals surface area (Å²) < 4.78 is 37.6. The van der Waals surface area contributed by atoms with Gasteiger partial charge in [-0.25, -0.2) is 0 Å². The van der Waals surface area contributed by atoms with Gasteiger partial charge in [0.25, 0.3) is 0 Å². The number of nitrogens with zero attached hydrogens (tertiary/aromatic N) is 1. The van der Waals surface area contributed by atoms with Crippen molar-refractivity contribution in [3.05, 3.63) is 200 Å². The lowest BCUT2D eigenvalue weighted by atomic mass is 9.97. The van der Waals surface area contributed by atoms with Crippen LogP contribution in [-0.2, 0) is 0 Å². The third-order valence-electron chi connectivity index (χ3n) is 8.55. The monoisotopic (exact) mass is 603 g/mol. The second kappa shape index (κ2) is 12.7. The van der Waals surface area contributed by atoms with E-state index in [-0.39, 0.29) is 35.4 Å². The molecule has 0 aromatic heterocycles. The van der Waals surface area contributed by atoms with Crippen LogP contribution in [-0.4, -0.2) is 0 Å². The van der Waals surface area contributed by atoms with Crippen LogP contribution in [0.2, 0.25) is 0 Å². The van der Waals surface area contributed by atoms with Gasteiger partial charge in [0.05, 0.1) is 11.2 Å². The first-order valence-corrected chi connectivity index (χ1v) is 15.8. The van der Waals surface area contributed by atoms with E-state index in [1.54, 1.807) is 0 Å². The molecule has 0 saturated carbocycles. The van der Waals surface area contributed by atoms with Gasteiger partial charge in [-0.15, -0.1) is 0 Å². The van der Waals surface area contributed by atoms with Crippen LogP contribution in [0, 0.1) is 0 Å². The van der Waals surface area contributed by atoms with Crippen molar-refractivity contribution in [2.75, 3.05) is 4.90 Å².